The predicted octanol–water partition coefficient (Wildman–Crippen LogP) is -6.61. The Hall–Kier alpha value is -2.28. The van der Waals surface area contributed by atoms with Crippen molar-refractivity contribution in [3.8, 4) is 0 Å². The summed E-state index contributed by atoms with van der Waals surface area (Å²) in [5.41, 5.74) is 6.38. The Morgan fingerprint density at radius 1 is 0.792 bits per heavy atom. The highest BCUT2D eigenvalue weighted by Crippen LogP contribution is 1.84. The highest BCUT2D eigenvalue weighted by Gasteiger charge is 2.21. The first-order valence-corrected chi connectivity index (χ1v) is 6.61. The van der Waals surface area contributed by atoms with Gasteiger partial charge in [0.25, 0.3) is 0 Å². The van der Waals surface area contributed by atoms with Crippen LogP contribution < -0.4 is 21.7 Å². The van der Waals surface area contributed by atoms with Crippen molar-refractivity contribution in [1.82, 2.24) is 0 Å². The van der Waals surface area contributed by atoms with Crippen LogP contribution in [0.4, 0.5) is 0 Å². The Balaban J connectivity index is -0.000000276. The first-order chi connectivity index (χ1) is 10.7. The second-order valence-corrected chi connectivity index (χ2v) is 4.61. The van der Waals surface area contributed by atoms with Gasteiger partial charge in [-0.3, -0.25) is 0 Å². The quantitative estimate of drug-likeness (QED) is 0.251. The van der Waals surface area contributed by atoms with Crippen molar-refractivity contribution in [3.05, 3.63) is 0 Å². The first-order valence-electron chi connectivity index (χ1n) is 6.61. The van der Waals surface area contributed by atoms with Crippen molar-refractivity contribution in [2.45, 2.75) is 51.0 Å². The second-order valence-electron chi connectivity index (χ2n) is 4.61. The summed E-state index contributed by atoms with van der Waals surface area (Å²) in [4.78, 5) is 38.8. The van der Waals surface area contributed by atoms with Crippen molar-refractivity contribution in [1.29, 1.82) is 0 Å². The van der Waals surface area contributed by atoms with Gasteiger partial charge in [-0.1, -0.05) is 0 Å². The minimum Gasteiger partial charge on any atom is -0.550 e. The van der Waals surface area contributed by atoms with Gasteiger partial charge in [0.05, 0.1) is 0 Å². The van der Waals surface area contributed by atoms with E-state index in [0.717, 1.165) is 0 Å². The number of aliphatic hydroxyl groups excluding tert-OH is 2. The standard InChI is InChI=1S/2C4H9NO3.C4H6O4/c2*1-2(6)3(5)4(7)8;5-3(6)1-2-4(7)8/h2*2-3,6H,5H2,1H3,(H,7,8);1-2H2,(H,5,6)(H,7,8)/t2*2-,3+;/m11./s1. The average Bonchev–Trinajstić information content (AvgIpc) is 2.44. The summed E-state index contributed by atoms with van der Waals surface area (Å²) < 4.78 is 0. The first kappa shape index (κ1) is 26.6. The molecule has 0 aromatic rings. The van der Waals surface area contributed by atoms with Crippen LogP contribution in [0.25, 0.3) is 0 Å². The number of carbonyl (C=O) groups is 4. The van der Waals surface area contributed by atoms with Crippen LogP contribution in [0.2, 0.25) is 0 Å². The minimum atomic E-state index is -1.37. The van der Waals surface area contributed by atoms with E-state index in [0.29, 0.717) is 0 Å². The molecule has 0 aromatic heterocycles. The Morgan fingerprint density at radius 2 is 1.00 bits per heavy atom. The average molecular weight is 356 g/mol. The molecule has 24 heavy (non-hydrogen) atoms. The van der Waals surface area contributed by atoms with E-state index in [1.807, 2.05) is 0 Å². The Bertz CT molecular complexity index is 373. The maximum atomic E-state index is 9.92. The number of hydrogen-bond donors (Lipinski definition) is 6. The molecule has 0 aromatic carbocycles. The predicted molar refractivity (Wildman–Crippen MR) is 71.2 cm³/mol. The van der Waals surface area contributed by atoms with Gasteiger partial charge in [0.2, 0.25) is 12.1 Å². The summed E-state index contributed by atoms with van der Waals surface area (Å²) in [5.74, 6) is -4.87. The molecule has 0 unspecified atom stereocenters. The number of aliphatic carboxylic acids is 4. The van der Waals surface area contributed by atoms with E-state index in [4.69, 9.17) is 20.4 Å². The third-order valence-corrected chi connectivity index (χ3v) is 2.33. The summed E-state index contributed by atoms with van der Waals surface area (Å²) in [7, 11) is 0. The fourth-order valence-electron chi connectivity index (χ4n) is 0.617. The molecule has 0 saturated carbocycles. The van der Waals surface area contributed by atoms with Gasteiger partial charge in [0.15, 0.2) is 0 Å². The molecule has 12 nitrogen and oxygen atoms in total. The number of carboxylic acid groups (broad SMARTS) is 4. The number of quaternary nitrogens is 2. The second kappa shape index (κ2) is 14.3. The van der Waals surface area contributed by atoms with Crippen LogP contribution in [0.5, 0.6) is 0 Å². The maximum absolute atomic E-state index is 9.92. The lowest BCUT2D eigenvalue weighted by molar-refractivity contribution is -0.423. The van der Waals surface area contributed by atoms with Crippen LogP contribution >= 0.6 is 0 Å². The number of aliphatic hydroxyl groups is 2. The maximum Gasteiger partial charge on any atom is 0.365 e. The molecule has 0 aliphatic heterocycles. The molecular weight excluding hydrogens is 332 g/mol. The molecule has 0 spiro atoms. The van der Waals surface area contributed by atoms with E-state index in [2.05, 4.69) is 11.5 Å². The van der Waals surface area contributed by atoms with Crippen molar-refractivity contribution >= 4 is 23.9 Å². The Morgan fingerprint density at radius 3 is 1.04 bits per heavy atom. The zero-order valence-electron chi connectivity index (χ0n) is 13.4. The van der Waals surface area contributed by atoms with E-state index in [-0.39, 0.29) is 0 Å². The van der Waals surface area contributed by atoms with Gasteiger partial charge >= 0.3 is 11.9 Å². The fourth-order valence-corrected chi connectivity index (χ4v) is 0.617. The largest absolute Gasteiger partial charge is 0.550 e. The van der Waals surface area contributed by atoms with E-state index in [1.165, 1.54) is 13.8 Å². The Labute approximate surface area is 137 Å². The summed E-state index contributed by atoms with van der Waals surface area (Å²) in [6.07, 6.45) is -2.68. The highest BCUT2D eigenvalue weighted by molar-refractivity contribution is 5.73. The molecule has 0 saturated heterocycles. The minimum absolute atomic E-state index is 0.470. The number of carbonyl (C=O) groups excluding carboxylic acids is 2. The van der Waals surface area contributed by atoms with Crippen LogP contribution in [0.1, 0.15) is 26.7 Å². The normalized spacial score (nSPS) is 14.4. The smallest absolute Gasteiger partial charge is 0.365 e. The van der Waals surface area contributed by atoms with Crippen LogP contribution in [0, 0.1) is 0 Å². The van der Waals surface area contributed by atoms with E-state index >= 15 is 0 Å². The summed E-state index contributed by atoms with van der Waals surface area (Å²) in [6.45, 7) is 2.79. The molecule has 0 aliphatic rings. The molecule has 0 bridgehead atoms. The van der Waals surface area contributed by atoms with Gasteiger partial charge in [-0.25, -0.2) is 9.59 Å². The monoisotopic (exact) mass is 356 g/mol. The molecule has 10 N–H and O–H groups in total. The zero-order chi connectivity index (χ0) is 20.0. The lowest BCUT2D eigenvalue weighted by atomic mass is 10.2. The number of carboxylic acids is 4. The number of rotatable bonds is 7. The third kappa shape index (κ3) is 19.7. The van der Waals surface area contributed by atoms with Gasteiger partial charge in [0.1, 0.15) is 12.2 Å². The van der Waals surface area contributed by atoms with Gasteiger partial charge in [-0.2, -0.15) is 0 Å². The molecule has 0 aliphatic carbocycles. The zero-order valence-corrected chi connectivity index (χ0v) is 13.4. The summed E-state index contributed by atoms with van der Waals surface area (Å²) >= 11 is 0. The van der Waals surface area contributed by atoms with Crippen LogP contribution in [-0.2, 0) is 19.2 Å². The van der Waals surface area contributed by atoms with E-state index in [9.17, 15) is 29.4 Å². The summed E-state index contributed by atoms with van der Waals surface area (Å²) in [6, 6.07) is -1.81. The van der Waals surface area contributed by atoms with Crippen molar-refractivity contribution in [2.24, 2.45) is 0 Å². The van der Waals surface area contributed by atoms with Crippen molar-refractivity contribution in [2.75, 3.05) is 0 Å². The van der Waals surface area contributed by atoms with Gasteiger partial charge in [-0.05, 0) is 26.7 Å². The van der Waals surface area contributed by atoms with Crippen LogP contribution in [-0.4, -0.2) is 68.6 Å². The summed E-state index contributed by atoms with van der Waals surface area (Å²) in [5, 5.41) is 52.4. The highest BCUT2D eigenvalue weighted by atomic mass is 16.4. The molecule has 0 heterocycles. The Kier molecular flexibility index (Phi) is 15.9. The van der Waals surface area contributed by atoms with Gasteiger partial charge in [0, 0.05) is 11.9 Å². The molecule has 0 amide bonds. The van der Waals surface area contributed by atoms with Crippen LogP contribution in [0.15, 0.2) is 0 Å². The molecule has 142 valence electrons. The van der Waals surface area contributed by atoms with Gasteiger partial charge < -0.3 is 51.7 Å². The van der Waals surface area contributed by atoms with E-state index in [1.54, 1.807) is 0 Å². The lowest BCUT2D eigenvalue weighted by Gasteiger charge is -2.03. The SMILES string of the molecule is C[C@@H](O)[C@H]([NH3+])C(=O)O.C[C@@H](O)[C@H]([NH3+])C(=O)O.O=C([O-])CCC(=O)[O-]. The van der Waals surface area contributed by atoms with Crippen molar-refractivity contribution in [3.63, 3.8) is 0 Å². The third-order valence-electron chi connectivity index (χ3n) is 2.33. The van der Waals surface area contributed by atoms with Gasteiger partial charge in [-0.15, -0.1) is 0 Å². The molecule has 4 atom stereocenters. The lowest BCUT2D eigenvalue weighted by Crippen LogP contribution is -2.69. The molecule has 0 fully saturated rings. The molecule has 0 rings (SSSR count). The van der Waals surface area contributed by atoms with Crippen molar-refractivity contribution < 1.29 is 61.3 Å². The topological polar surface area (TPSA) is 251 Å². The number of hydrogen-bond acceptors (Lipinski definition) is 8. The van der Waals surface area contributed by atoms with Crippen LogP contribution in [0.3, 0.4) is 0 Å². The van der Waals surface area contributed by atoms with E-state index < -0.39 is 61.0 Å². The molecule has 0 radical (unpaired) electrons. The molecule has 12 heteroatoms. The fraction of sp³-hybridized carbons (Fsp3) is 0.667. The molecular formula is C12H24N2O10.